The van der Waals surface area contributed by atoms with Crippen molar-refractivity contribution in [3.05, 3.63) is 27.8 Å². The molecular weight excluding hydrogens is 448 g/mol. The maximum atomic E-state index is 12.7. The number of ether oxygens (including phenoxy) is 1. The molecule has 1 aromatic rings. The minimum absolute atomic E-state index is 0.158. The Morgan fingerprint density at radius 2 is 1.48 bits per heavy atom. The van der Waals surface area contributed by atoms with Crippen LogP contribution in [0.3, 0.4) is 0 Å². The molecule has 0 fully saturated rings. The molecule has 1 rings (SSSR count). The van der Waals surface area contributed by atoms with Gasteiger partial charge in [-0.15, -0.1) is 0 Å². The normalized spacial score (nSPS) is 10.2. The van der Waals surface area contributed by atoms with Crippen LogP contribution in [-0.4, -0.2) is 60.2 Å². The molecule has 0 spiro atoms. The number of hydrogen-bond donors (Lipinski definition) is 4. The van der Waals surface area contributed by atoms with Gasteiger partial charge in [-0.3, -0.25) is 14.4 Å². The van der Waals surface area contributed by atoms with Crippen LogP contribution in [0.15, 0.2) is 0 Å². The van der Waals surface area contributed by atoms with E-state index in [1.807, 2.05) is 41.5 Å². The van der Waals surface area contributed by atoms with E-state index in [1.54, 1.807) is 20.8 Å². The number of rotatable bonds is 9. The van der Waals surface area contributed by atoms with Gasteiger partial charge >= 0.3 is 0 Å². The first-order chi connectivity index (χ1) is 15.7. The third kappa shape index (κ3) is 11.1. The monoisotopic (exact) mass is 490 g/mol. The molecule has 1 atom stereocenters. The molecule has 1 unspecified atom stereocenters. The summed E-state index contributed by atoms with van der Waals surface area (Å²) in [4.78, 5) is 36.7. The molecule has 4 N–H and O–H groups in total. The van der Waals surface area contributed by atoms with Gasteiger partial charge in [0.15, 0.2) is 0 Å². The molecular formula is C24H43ClN2O6. The molecule has 1 aromatic carbocycles. The predicted octanol–water partition coefficient (Wildman–Crippen LogP) is 3.99. The SMILES string of the molecule is CC.CC.CC.CCc1c(C(=O)Cl)c(C)c(NC(=O)COC)c(C)c1C(=O)NCC(O)CO. The fourth-order valence-electron chi connectivity index (χ4n) is 2.89. The van der Waals surface area contributed by atoms with Gasteiger partial charge in [-0.2, -0.15) is 0 Å². The predicted molar refractivity (Wildman–Crippen MR) is 135 cm³/mol. The maximum Gasteiger partial charge on any atom is 0.253 e. The summed E-state index contributed by atoms with van der Waals surface area (Å²) >= 11 is 5.76. The molecule has 0 bridgehead atoms. The lowest BCUT2D eigenvalue weighted by atomic mass is 9.89. The lowest BCUT2D eigenvalue weighted by Crippen LogP contribution is -2.35. The number of carbonyl (C=O) groups excluding carboxylic acids is 3. The smallest absolute Gasteiger partial charge is 0.253 e. The van der Waals surface area contributed by atoms with Crippen LogP contribution in [-0.2, 0) is 16.0 Å². The van der Waals surface area contributed by atoms with Crippen LogP contribution in [0.2, 0.25) is 0 Å². The van der Waals surface area contributed by atoms with Crippen LogP contribution < -0.4 is 10.6 Å². The summed E-state index contributed by atoms with van der Waals surface area (Å²) in [6.45, 7) is 16.2. The second-order valence-corrected chi connectivity index (χ2v) is 6.35. The van der Waals surface area contributed by atoms with Crippen LogP contribution in [0.25, 0.3) is 0 Å². The topological polar surface area (TPSA) is 125 Å². The van der Waals surface area contributed by atoms with E-state index in [2.05, 4.69) is 10.6 Å². The van der Waals surface area contributed by atoms with Crippen LogP contribution in [0, 0.1) is 13.8 Å². The number of carbonyl (C=O) groups is 3. The summed E-state index contributed by atoms with van der Waals surface area (Å²) in [6, 6.07) is 0. The van der Waals surface area contributed by atoms with Crippen molar-refractivity contribution < 1.29 is 29.3 Å². The number of methoxy groups -OCH3 is 1. The second kappa shape index (κ2) is 20.6. The Balaban J connectivity index is -0.00000138. The number of aliphatic hydroxyl groups is 2. The lowest BCUT2D eigenvalue weighted by molar-refractivity contribution is -0.119. The Labute approximate surface area is 204 Å². The van der Waals surface area contributed by atoms with Crippen LogP contribution >= 0.6 is 11.6 Å². The van der Waals surface area contributed by atoms with Crippen LogP contribution in [0.1, 0.15) is 85.9 Å². The number of nitrogens with one attached hydrogen (secondary N) is 2. The Kier molecular flexibility index (Phi) is 22.2. The number of aliphatic hydroxyl groups excluding tert-OH is 2. The maximum absolute atomic E-state index is 12.7. The molecule has 0 saturated heterocycles. The first kappa shape index (κ1) is 35.6. The van der Waals surface area contributed by atoms with Crippen molar-refractivity contribution in [1.29, 1.82) is 0 Å². The number of hydrogen-bond acceptors (Lipinski definition) is 6. The molecule has 0 aliphatic rings. The molecule has 0 aliphatic heterocycles. The first-order valence-corrected chi connectivity index (χ1v) is 11.8. The van der Waals surface area contributed by atoms with E-state index in [-0.39, 0.29) is 24.3 Å². The summed E-state index contributed by atoms with van der Waals surface area (Å²) in [5.74, 6) is -0.985. The van der Waals surface area contributed by atoms with Gasteiger partial charge in [0.1, 0.15) is 6.61 Å². The van der Waals surface area contributed by atoms with Gasteiger partial charge < -0.3 is 25.6 Å². The van der Waals surface area contributed by atoms with Crippen molar-refractivity contribution in [3.8, 4) is 0 Å². The fraction of sp³-hybridized carbons (Fsp3) is 0.625. The van der Waals surface area contributed by atoms with Crippen LogP contribution in [0.4, 0.5) is 5.69 Å². The molecule has 9 heteroatoms. The molecule has 2 amide bonds. The fourth-order valence-corrected chi connectivity index (χ4v) is 3.15. The third-order valence-corrected chi connectivity index (χ3v) is 4.32. The number of anilines is 1. The van der Waals surface area contributed by atoms with E-state index in [1.165, 1.54) is 7.11 Å². The summed E-state index contributed by atoms with van der Waals surface area (Å²) in [5.41, 5.74) is 2.04. The summed E-state index contributed by atoms with van der Waals surface area (Å²) in [5, 5.41) is 22.8. The largest absolute Gasteiger partial charge is 0.394 e. The average Bonchev–Trinajstić information content (AvgIpc) is 2.83. The highest BCUT2D eigenvalue weighted by Gasteiger charge is 2.26. The van der Waals surface area contributed by atoms with Gasteiger partial charge in [0.05, 0.1) is 12.7 Å². The van der Waals surface area contributed by atoms with E-state index in [4.69, 9.17) is 21.4 Å². The van der Waals surface area contributed by atoms with Crippen molar-refractivity contribution in [2.75, 3.05) is 32.2 Å². The quantitative estimate of drug-likeness (QED) is 0.388. The van der Waals surface area contributed by atoms with E-state index >= 15 is 0 Å². The Hall–Kier alpha value is -2.00. The van der Waals surface area contributed by atoms with E-state index < -0.39 is 29.8 Å². The van der Waals surface area contributed by atoms with Gasteiger partial charge in [0, 0.05) is 30.5 Å². The molecule has 0 heterocycles. The lowest BCUT2D eigenvalue weighted by Gasteiger charge is -2.22. The highest BCUT2D eigenvalue weighted by molar-refractivity contribution is 6.68. The summed E-state index contributed by atoms with van der Waals surface area (Å²) in [7, 11) is 1.37. The minimum Gasteiger partial charge on any atom is -0.394 e. The number of halogens is 1. The summed E-state index contributed by atoms with van der Waals surface area (Å²) < 4.78 is 4.80. The highest BCUT2D eigenvalue weighted by atomic mass is 35.5. The molecule has 0 aromatic heterocycles. The van der Waals surface area contributed by atoms with Gasteiger partial charge in [-0.1, -0.05) is 48.5 Å². The first-order valence-electron chi connectivity index (χ1n) is 11.4. The Morgan fingerprint density at radius 1 is 1.00 bits per heavy atom. The van der Waals surface area contributed by atoms with Gasteiger partial charge in [0.25, 0.3) is 11.1 Å². The third-order valence-electron chi connectivity index (χ3n) is 4.13. The van der Waals surface area contributed by atoms with E-state index in [9.17, 15) is 19.5 Å². The molecule has 0 saturated carbocycles. The van der Waals surface area contributed by atoms with Crippen LogP contribution in [0.5, 0.6) is 0 Å². The minimum atomic E-state index is -1.11. The molecule has 33 heavy (non-hydrogen) atoms. The van der Waals surface area contributed by atoms with Crippen molar-refractivity contribution in [1.82, 2.24) is 5.32 Å². The number of amides is 2. The summed E-state index contributed by atoms with van der Waals surface area (Å²) in [6.07, 6.45) is -0.757. The van der Waals surface area contributed by atoms with Crippen molar-refractivity contribution in [2.45, 2.75) is 74.8 Å². The highest BCUT2D eigenvalue weighted by Crippen LogP contribution is 2.33. The van der Waals surface area contributed by atoms with E-state index in [0.717, 1.165) is 0 Å². The zero-order chi connectivity index (χ0) is 26.7. The zero-order valence-electron chi connectivity index (χ0n) is 21.8. The zero-order valence-corrected chi connectivity index (χ0v) is 22.6. The van der Waals surface area contributed by atoms with Crippen molar-refractivity contribution in [2.24, 2.45) is 0 Å². The second-order valence-electron chi connectivity index (χ2n) is 6.01. The van der Waals surface area contributed by atoms with Gasteiger partial charge in [-0.05, 0) is 48.6 Å². The standard InChI is InChI=1S/C18H25ClN2O6.3C2H6/c1-5-12-14(17(19)25)9(2)16(21-13(24)8-27-4)10(3)15(12)18(26)20-6-11(23)7-22;3*1-2/h11,22-23H,5-8H2,1-4H3,(H,20,26)(H,21,24);3*1-2H3. The van der Waals surface area contributed by atoms with Crippen molar-refractivity contribution >= 4 is 34.3 Å². The Morgan fingerprint density at radius 3 is 1.88 bits per heavy atom. The molecule has 0 radical (unpaired) electrons. The van der Waals surface area contributed by atoms with Gasteiger partial charge in [0.2, 0.25) is 5.91 Å². The van der Waals surface area contributed by atoms with Crippen molar-refractivity contribution in [3.63, 3.8) is 0 Å². The molecule has 8 nitrogen and oxygen atoms in total. The van der Waals surface area contributed by atoms with Gasteiger partial charge in [-0.25, -0.2) is 0 Å². The average molecular weight is 491 g/mol. The van der Waals surface area contributed by atoms with E-state index in [0.29, 0.717) is 28.8 Å². The molecule has 0 aliphatic carbocycles. The molecule has 192 valence electrons. The number of benzene rings is 1. The Bertz CT molecular complexity index is 738.